The molecular weight excluding hydrogens is 432 g/mol. The Morgan fingerprint density at radius 1 is 1.00 bits per heavy atom. The molecule has 2 amide bonds. The molecule has 0 spiro atoms. The van der Waals surface area contributed by atoms with E-state index < -0.39 is 5.41 Å². The molecule has 1 aliphatic rings. The lowest BCUT2D eigenvalue weighted by Gasteiger charge is -2.34. The predicted molar refractivity (Wildman–Crippen MR) is 133 cm³/mol. The third-order valence-electron chi connectivity index (χ3n) is 5.67. The van der Waals surface area contributed by atoms with Crippen molar-refractivity contribution in [1.82, 2.24) is 14.8 Å². The number of nitrogens with one attached hydrogen (secondary N) is 1. The van der Waals surface area contributed by atoms with Gasteiger partial charge in [0.15, 0.2) is 0 Å². The van der Waals surface area contributed by atoms with Crippen LogP contribution in [0.5, 0.6) is 0 Å². The molecule has 0 unspecified atom stereocenters. The topological polar surface area (TPSA) is 65.5 Å². The lowest BCUT2D eigenvalue weighted by atomic mass is 9.95. The highest BCUT2D eigenvalue weighted by Gasteiger charge is 2.24. The van der Waals surface area contributed by atoms with Crippen LogP contribution in [0.2, 0.25) is 0 Å². The summed E-state index contributed by atoms with van der Waals surface area (Å²) < 4.78 is 0. The third-order valence-corrected chi connectivity index (χ3v) is 6.61. The van der Waals surface area contributed by atoms with Crippen molar-refractivity contribution < 1.29 is 9.59 Å². The summed E-state index contributed by atoms with van der Waals surface area (Å²) in [5, 5.41) is 6.07. The highest BCUT2D eigenvalue weighted by atomic mass is 32.1. The van der Waals surface area contributed by atoms with Crippen LogP contribution in [0.3, 0.4) is 0 Å². The Kier molecular flexibility index (Phi) is 6.91. The molecule has 2 heterocycles. The molecule has 7 heteroatoms. The number of nitrogens with zero attached hydrogens (tertiary/aromatic N) is 3. The number of carbonyl (C=O) groups is 2. The zero-order chi connectivity index (χ0) is 23.4. The third kappa shape index (κ3) is 5.86. The zero-order valence-corrected chi connectivity index (χ0v) is 20.2. The van der Waals surface area contributed by atoms with Gasteiger partial charge in [-0.2, -0.15) is 0 Å². The van der Waals surface area contributed by atoms with Crippen molar-refractivity contribution in [2.75, 3.05) is 31.5 Å². The molecule has 0 saturated carbocycles. The van der Waals surface area contributed by atoms with Crippen molar-refractivity contribution in [3.8, 4) is 10.6 Å². The first-order valence-electron chi connectivity index (χ1n) is 11.2. The van der Waals surface area contributed by atoms with E-state index in [1.54, 1.807) is 17.4 Å². The van der Waals surface area contributed by atoms with E-state index in [0.29, 0.717) is 24.3 Å². The van der Waals surface area contributed by atoms with Crippen LogP contribution in [0.25, 0.3) is 10.6 Å². The van der Waals surface area contributed by atoms with E-state index in [2.05, 4.69) is 27.7 Å². The van der Waals surface area contributed by atoms with Crippen LogP contribution in [0, 0.1) is 5.41 Å². The summed E-state index contributed by atoms with van der Waals surface area (Å²) in [4.78, 5) is 34.3. The number of benzene rings is 2. The predicted octanol–water partition coefficient (Wildman–Crippen LogP) is 4.75. The standard InChI is InChI=1S/C26H30N4O2S/c1-26(2,3)25(32)28-21-11-7-10-20(16-21)24(31)30-14-12-29(13-15-30)17-22-18-33-23(27-22)19-8-5-4-6-9-19/h4-11,16,18H,12-15,17H2,1-3H3,(H,28,32). The average molecular weight is 463 g/mol. The fourth-order valence-corrected chi connectivity index (χ4v) is 4.48. The summed E-state index contributed by atoms with van der Waals surface area (Å²) in [5.41, 5.74) is 2.97. The molecule has 6 nitrogen and oxygen atoms in total. The summed E-state index contributed by atoms with van der Waals surface area (Å²) in [6.07, 6.45) is 0. The zero-order valence-electron chi connectivity index (χ0n) is 19.4. The second-order valence-corrected chi connectivity index (χ2v) is 10.2. The number of hydrogen-bond acceptors (Lipinski definition) is 5. The number of aromatic nitrogens is 1. The minimum Gasteiger partial charge on any atom is -0.336 e. The van der Waals surface area contributed by atoms with E-state index in [-0.39, 0.29) is 11.8 Å². The Morgan fingerprint density at radius 3 is 2.42 bits per heavy atom. The number of piperazine rings is 1. The smallest absolute Gasteiger partial charge is 0.254 e. The Hall–Kier alpha value is -3.03. The number of anilines is 1. The molecular formula is C26H30N4O2S. The monoisotopic (exact) mass is 462 g/mol. The average Bonchev–Trinajstić information content (AvgIpc) is 3.28. The second-order valence-electron chi connectivity index (χ2n) is 9.36. The summed E-state index contributed by atoms with van der Waals surface area (Å²) in [6, 6.07) is 17.4. The molecule has 0 atom stereocenters. The van der Waals surface area contributed by atoms with Crippen molar-refractivity contribution in [3.05, 3.63) is 71.2 Å². The molecule has 1 fully saturated rings. The molecule has 1 saturated heterocycles. The quantitative estimate of drug-likeness (QED) is 0.594. The normalized spacial score (nSPS) is 14.8. The highest BCUT2D eigenvalue weighted by molar-refractivity contribution is 7.13. The maximum absolute atomic E-state index is 13.0. The maximum Gasteiger partial charge on any atom is 0.254 e. The summed E-state index contributed by atoms with van der Waals surface area (Å²) >= 11 is 1.67. The first-order chi connectivity index (χ1) is 15.8. The van der Waals surface area contributed by atoms with Gasteiger partial charge in [0, 0.05) is 60.3 Å². The van der Waals surface area contributed by atoms with E-state index in [9.17, 15) is 9.59 Å². The molecule has 0 aliphatic carbocycles. The first-order valence-corrected chi connectivity index (χ1v) is 12.1. The van der Waals surface area contributed by atoms with Gasteiger partial charge in [-0.15, -0.1) is 11.3 Å². The number of rotatable bonds is 5. The van der Waals surface area contributed by atoms with E-state index >= 15 is 0 Å². The largest absolute Gasteiger partial charge is 0.336 e. The van der Waals surface area contributed by atoms with E-state index in [0.717, 1.165) is 35.9 Å². The first kappa shape index (κ1) is 23.1. The van der Waals surface area contributed by atoms with Crippen molar-refractivity contribution in [1.29, 1.82) is 0 Å². The molecule has 1 N–H and O–H groups in total. The number of thiazole rings is 1. The van der Waals surface area contributed by atoms with Crippen LogP contribution < -0.4 is 5.32 Å². The second kappa shape index (κ2) is 9.85. The molecule has 3 aromatic rings. The lowest BCUT2D eigenvalue weighted by molar-refractivity contribution is -0.123. The molecule has 0 radical (unpaired) electrons. The van der Waals surface area contributed by atoms with Gasteiger partial charge in [-0.3, -0.25) is 14.5 Å². The lowest BCUT2D eigenvalue weighted by Crippen LogP contribution is -2.48. The minimum absolute atomic E-state index is 0.00142. The van der Waals surface area contributed by atoms with Gasteiger partial charge in [-0.05, 0) is 18.2 Å². The summed E-state index contributed by atoms with van der Waals surface area (Å²) in [7, 11) is 0. The van der Waals surface area contributed by atoms with Crippen LogP contribution in [-0.2, 0) is 11.3 Å². The van der Waals surface area contributed by atoms with Crippen LogP contribution >= 0.6 is 11.3 Å². The van der Waals surface area contributed by atoms with Crippen LogP contribution in [-0.4, -0.2) is 52.8 Å². The van der Waals surface area contributed by atoms with Gasteiger partial charge in [0.05, 0.1) is 5.69 Å². The van der Waals surface area contributed by atoms with Crippen molar-refractivity contribution in [2.24, 2.45) is 5.41 Å². The molecule has 172 valence electrons. The van der Waals surface area contributed by atoms with Gasteiger partial charge in [0.1, 0.15) is 5.01 Å². The van der Waals surface area contributed by atoms with Gasteiger partial charge in [-0.1, -0.05) is 57.2 Å². The molecule has 1 aromatic heterocycles. The van der Waals surface area contributed by atoms with Crippen LogP contribution in [0.4, 0.5) is 5.69 Å². The SMILES string of the molecule is CC(C)(C)C(=O)Nc1cccc(C(=O)N2CCN(Cc3csc(-c4ccccc4)n3)CC2)c1. The molecule has 4 rings (SSSR count). The number of amides is 2. The summed E-state index contributed by atoms with van der Waals surface area (Å²) in [5.74, 6) is -0.0697. The minimum atomic E-state index is -0.491. The highest BCUT2D eigenvalue weighted by Crippen LogP contribution is 2.24. The molecule has 0 bridgehead atoms. The van der Waals surface area contributed by atoms with E-state index in [4.69, 9.17) is 4.98 Å². The fraction of sp³-hybridized carbons (Fsp3) is 0.346. The molecule has 33 heavy (non-hydrogen) atoms. The summed E-state index contributed by atoms with van der Waals surface area (Å²) in [6.45, 7) is 9.36. The van der Waals surface area contributed by atoms with Crippen molar-refractivity contribution in [3.63, 3.8) is 0 Å². The molecule has 1 aliphatic heterocycles. The maximum atomic E-state index is 13.0. The van der Waals surface area contributed by atoms with Gasteiger partial charge in [0.25, 0.3) is 5.91 Å². The fourth-order valence-electron chi connectivity index (χ4n) is 3.66. The number of carbonyl (C=O) groups excluding carboxylic acids is 2. The van der Waals surface area contributed by atoms with E-state index in [1.165, 1.54) is 0 Å². The Labute approximate surface area is 199 Å². The van der Waals surface area contributed by atoms with Gasteiger partial charge in [0.2, 0.25) is 5.91 Å². The van der Waals surface area contributed by atoms with Gasteiger partial charge in [-0.25, -0.2) is 4.98 Å². The molecule has 2 aromatic carbocycles. The van der Waals surface area contributed by atoms with Crippen molar-refractivity contribution in [2.45, 2.75) is 27.3 Å². The van der Waals surface area contributed by atoms with Crippen LogP contribution in [0.15, 0.2) is 60.0 Å². The Balaban J connectivity index is 1.32. The number of hydrogen-bond donors (Lipinski definition) is 1. The van der Waals surface area contributed by atoms with E-state index in [1.807, 2.05) is 62.1 Å². The van der Waals surface area contributed by atoms with Crippen molar-refractivity contribution >= 4 is 28.8 Å². The van der Waals surface area contributed by atoms with Crippen LogP contribution in [0.1, 0.15) is 36.8 Å². The Bertz CT molecular complexity index is 1110. The van der Waals surface area contributed by atoms with Gasteiger partial charge < -0.3 is 10.2 Å². The van der Waals surface area contributed by atoms with Gasteiger partial charge >= 0.3 is 0 Å². The Morgan fingerprint density at radius 2 is 1.73 bits per heavy atom.